The first kappa shape index (κ1) is 19.7. The Morgan fingerprint density at radius 1 is 1.10 bits per heavy atom. The fraction of sp³-hybridized carbons (Fsp3) is 0.333. The molecular weight excluding hydrogens is 399 g/mol. The summed E-state index contributed by atoms with van der Waals surface area (Å²) < 4.78 is 39.6. The molecule has 4 nitrogen and oxygen atoms in total. The van der Waals surface area contributed by atoms with Crippen LogP contribution in [0.5, 0.6) is 0 Å². The van der Waals surface area contributed by atoms with Gasteiger partial charge in [-0.25, -0.2) is 4.98 Å². The summed E-state index contributed by atoms with van der Waals surface area (Å²) >= 11 is 1.12. The van der Waals surface area contributed by atoms with Crippen molar-refractivity contribution >= 4 is 38.8 Å². The Hall–Kier alpha value is -2.61. The average Bonchev–Trinajstić information content (AvgIpc) is 2.97. The first-order valence-electron chi connectivity index (χ1n) is 9.53. The highest BCUT2D eigenvalue weighted by Gasteiger charge is 2.34. The number of aromatic nitrogens is 1. The van der Waals surface area contributed by atoms with Gasteiger partial charge in [-0.3, -0.25) is 4.79 Å². The number of thiophene rings is 1. The van der Waals surface area contributed by atoms with Crippen molar-refractivity contribution in [2.75, 3.05) is 11.1 Å². The van der Waals surface area contributed by atoms with Crippen LogP contribution in [0.15, 0.2) is 30.3 Å². The molecule has 152 valence electrons. The number of hydrogen-bond acceptors (Lipinski definition) is 4. The third-order valence-corrected chi connectivity index (χ3v) is 6.30. The van der Waals surface area contributed by atoms with Crippen LogP contribution in [0.3, 0.4) is 0 Å². The molecule has 0 unspecified atom stereocenters. The van der Waals surface area contributed by atoms with Crippen LogP contribution < -0.4 is 11.1 Å². The molecule has 0 saturated heterocycles. The van der Waals surface area contributed by atoms with Crippen LogP contribution in [-0.2, 0) is 19.0 Å². The van der Waals surface area contributed by atoms with Crippen molar-refractivity contribution in [2.24, 2.45) is 0 Å². The number of nitrogens with one attached hydrogen (secondary N) is 1. The minimum atomic E-state index is -4.56. The van der Waals surface area contributed by atoms with Gasteiger partial charge in [0.15, 0.2) is 0 Å². The smallest absolute Gasteiger partial charge is 0.397 e. The zero-order valence-electron chi connectivity index (χ0n) is 15.6. The number of pyridine rings is 1. The van der Waals surface area contributed by atoms with E-state index in [4.69, 9.17) is 10.7 Å². The fourth-order valence-electron chi connectivity index (χ4n) is 3.70. The maximum Gasteiger partial charge on any atom is 0.418 e. The Morgan fingerprint density at radius 3 is 2.59 bits per heavy atom. The number of carbonyl (C=O) groups excluding carboxylic acids is 1. The third-order valence-electron chi connectivity index (χ3n) is 5.19. The first-order valence-corrected chi connectivity index (χ1v) is 10.3. The zero-order chi connectivity index (χ0) is 20.6. The molecule has 8 heteroatoms. The molecule has 3 N–H and O–H groups in total. The molecule has 1 aromatic carbocycles. The molecule has 1 aliphatic carbocycles. The van der Waals surface area contributed by atoms with Gasteiger partial charge in [0.1, 0.15) is 9.71 Å². The minimum Gasteiger partial charge on any atom is -0.397 e. The number of alkyl halides is 3. The van der Waals surface area contributed by atoms with Crippen LogP contribution in [0.2, 0.25) is 0 Å². The molecular formula is C21H20F3N3OS. The van der Waals surface area contributed by atoms with E-state index in [9.17, 15) is 18.0 Å². The Morgan fingerprint density at radius 2 is 1.83 bits per heavy atom. The van der Waals surface area contributed by atoms with Crippen molar-refractivity contribution in [1.29, 1.82) is 0 Å². The molecule has 0 saturated carbocycles. The Balaban J connectivity index is 1.69. The lowest BCUT2D eigenvalue weighted by molar-refractivity contribution is -0.136. The zero-order valence-corrected chi connectivity index (χ0v) is 16.4. The highest BCUT2D eigenvalue weighted by molar-refractivity contribution is 7.21. The topological polar surface area (TPSA) is 68.0 Å². The Labute approximate surface area is 169 Å². The molecule has 0 atom stereocenters. The van der Waals surface area contributed by atoms with Crippen LogP contribution >= 0.6 is 11.3 Å². The molecule has 2 aromatic heterocycles. The first-order chi connectivity index (χ1) is 13.8. The van der Waals surface area contributed by atoms with Gasteiger partial charge in [-0.15, -0.1) is 11.3 Å². The highest BCUT2D eigenvalue weighted by Crippen LogP contribution is 2.37. The molecule has 29 heavy (non-hydrogen) atoms. The molecule has 0 fully saturated rings. The lowest BCUT2D eigenvalue weighted by atomic mass is 9.96. The van der Waals surface area contributed by atoms with Gasteiger partial charge in [0, 0.05) is 11.1 Å². The molecule has 0 aliphatic heterocycles. The average molecular weight is 419 g/mol. The van der Waals surface area contributed by atoms with Crippen LogP contribution in [0, 0.1) is 0 Å². The lowest BCUT2D eigenvalue weighted by Crippen LogP contribution is -2.16. The van der Waals surface area contributed by atoms with Crippen LogP contribution in [-0.4, -0.2) is 10.9 Å². The van der Waals surface area contributed by atoms with E-state index in [0.717, 1.165) is 54.3 Å². The fourth-order valence-corrected chi connectivity index (χ4v) is 4.69. The standard InChI is InChI=1S/C21H20F3N3OS/c22-21(23,24)14-8-5-6-10-16(14)26-19(28)18-17(25)13-11-12-7-3-1-2-4-9-15(12)27-20(13)29-18/h5-6,8,10-11H,1-4,7,9,25H2,(H,26,28). The van der Waals surface area contributed by atoms with E-state index in [1.165, 1.54) is 31.0 Å². The summed E-state index contributed by atoms with van der Waals surface area (Å²) in [4.78, 5) is 18.3. The van der Waals surface area contributed by atoms with Crippen molar-refractivity contribution < 1.29 is 18.0 Å². The summed E-state index contributed by atoms with van der Waals surface area (Å²) in [6.45, 7) is 0. The molecule has 0 spiro atoms. The summed E-state index contributed by atoms with van der Waals surface area (Å²) in [6, 6.07) is 6.89. The van der Waals surface area contributed by atoms with Crippen molar-refractivity contribution in [3.05, 3.63) is 52.0 Å². The number of hydrogen-bond donors (Lipinski definition) is 2. The summed E-state index contributed by atoms with van der Waals surface area (Å²) in [6.07, 6.45) is 1.78. The maximum atomic E-state index is 13.2. The molecule has 4 rings (SSSR count). The van der Waals surface area contributed by atoms with E-state index >= 15 is 0 Å². The normalized spacial score (nSPS) is 14.9. The van der Waals surface area contributed by atoms with Crippen LogP contribution in [0.1, 0.15) is 52.2 Å². The lowest BCUT2D eigenvalue weighted by Gasteiger charge is -2.13. The summed E-state index contributed by atoms with van der Waals surface area (Å²) in [5.74, 6) is -0.658. The van der Waals surface area contributed by atoms with Gasteiger partial charge in [-0.2, -0.15) is 13.2 Å². The second kappa shape index (κ2) is 7.67. The van der Waals surface area contributed by atoms with E-state index in [2.05, 4.69) is 5.32 Å². The van der Waals surface area contributed by atoms with E-state index in [1.807, 2.05) is 6.07 Å². The van der Waals surface area contributed by atoms with Gasteiger partial charge in [0.25, 0.3) is 5.91 Å². The highest BCUT2D eigenvalue weighted by atomic mass is 32.1. The van der Waals surface area contributed by atoms with Crippen LogP contribution in [0.4, 0.5) is 24.5 Å². The van der Waals surface area contributed by atoms with Gasteiger partial charge in [0.05, 0.1) is 16.9 Å². The predicted octanol–water partition coefficient (Wildman–Crippen LogP) is 5.81. The molecule has 1 amide bonds. The number of para-hydroxylation sites is 1. The second-order valence-electron chi connectivity index (χ2n) is 7.20. The second-order valence-corrected chi connectivity index (χ2v) is 8.20. The molecule has 0 radical (unpaired) electrons. The van der Waals surface area contributed by atoms with Gasteiger partial charge < -0.3 is 11.1 Å². The SMILES string of the molecule is Nc1c(C(=O)Nc2ccccc2C(F)(F)F)sc2nc3c(cc12)CCCCCC3. The number of anilines is 2. The minimum absolute atomic E-state index is 0.183. The quantitative estimate of drug-likeness (QED) is 0.551. The van der Waals surface area contributed by atoms with Gasteiger partial charge in [0.2, 0.25) is 0 Å². The predicted molar refractivity (Wildman–Crippen MR) is 109 cm³/mol. The third kappa shape index (κ3) is 3.94. The number of nitrogens with zero attached hydrogens (tertiary/aromatic N) is 1. The van der Waals surface area contributed by atoms with E-state index < -0.39 is 17.6 Å². The summed E-state index contributed by atoms with van der Waals surface area (Å²) in [7, 11) is 0. The largest absolute Gasteiger partial charge is 0.418 e. The molecule has 2 heterocycles. The number of benzene rings is 1. The van der Waals surface area contributed by atoms with E-state index in [1.54, 1.807) is 0 Å². The Kier molecular flexibility index (Phi) is 5.21. The molecule has 3 aromatic rings. The number of rotatable bonds is 2. The molecule has 1 aliphatic rings. The van der Waals surface area contributed by atoms with Crippen molar-refractivity contribution in [1.82, 2.24) is 4.98 Å². The van der Waals surface area contributed by atoms with E-state index in [0.29, 0.717) is 10.2 Å². The number of halogens is 3. The number of nitrogens with two attached hydrogens (primary N) is 1. The number of amides is 1. The van der Waals surface area contributed by atoms with Crippen molar-refractivity contribution in [3.8, 4) is 0 Å². The van der Waals surface area contributed by atoms with Crippen molar-refractivity contribution in [2.45, 2.75) is 44.7 Å². The van der Waals surface area contributed by atoms with Crippen molar-refractivity contribution in [3.63, 3.8) is 0 Å². The number of aryl methyl sites for hydroxylation is 2. The number of fused-ring (bicyclic) bond motifs is 2. The van der Waals surface area contributed by atoms with E-state index in [-0.39, 0.29) is 16.3 Å². The number of carbonyl (C=O) groups is 1. The molecule has 0 bridgehead atoms. The summed E-state index contributed by atoms with van der Waals surface area (Å²) in [5, 5.41) is 3.07. The number of nitrogen functional groups attached to an aromatic ring is 1. The van der Waals surface area contributed by atoms with Crippen LogP contribution in [0.25, 0.3) is 10.2 Å². The Bertz CT molecular complexity index is 1070. The van der Waals surface area contributed by atoms with Gasteiger partial charge in [-0.1, -0.05) is 25.0 Å². The maximum absolute atomic E-state index is 13.2. The van der Waals surface area contributed by atoms with Gasteiger partial charge in [-0.05, 0) is 49.4 Å². The monoisotopic (exact) mass is 419 g/mol. The van der Waals surface area contributed by atoms with Gasteiger partial charge >= 0.3 is 6.18 Å². The summed E-state index contributed by atoms with van der Waals surface area (Å²) in [5.41, 5.74) is 7.48.